The Bertz CT molecular complexity index is 922. The van der Waals surface area contributed by atoms with E-state index in [1.807, 2.05) is 30.3 Å². The molecule has 0 saturated carbocycles. The van der Waals surface area contributed by atoms with E-state index >= 15 is 0 Å². The van der Waals surface area contributed by atoms with E-state index in [0.29, 0.717) is 5.56 Å². The molecule has 0 saturated heterocycles. The zero-order valence-corrected chi connectivity index (χ0v) is 13.7. The molecule has 0 aliphatic carbocycles. The van der Waals surface area contributed by atoms with E-state index in [0.717, 1.165) is 22.9 Å². The van der Waals surface area contributed by atoms with Crippen LogP contribution >= 0.6 is 0 Å². The molecule has 0 atom stereocenters. The molecular weight excluding hydrogens is 343 g/mol. The zero-order chi connectivity index (χ0) is 18.6. The number of benzene rings is 3. The number of fused-ring (bicyclic) bond motifs is 1. The number of hydrogen-bond donors (Lipinski definition) is 1. The van der Waals surface area contributed by atoms with Crippen molar-refractivity contribution in [3.05, 3.63) is 77.9 Å². The third-order valence-electron chi connectivity index (χ3n) is 3.83. The van der Waals surface area contributed by atoms with Crippen LogP contribution in [0.2, 0.25) is 0 Å². The number of alkyl halides is 3. The van der Waals surface area contributed by atoms with Crippen LogP contribution in [0, 0.1) is 0 Å². The number of ether oxygens (including phenoxy) is 1. The normalized spacial score (nSPS) is 11.3. The molecule has 3 aromatic carbocycles. The molecule has 0 aromatic heterocycles. The number of nitrogens with one attached hydrogen (secondary N) is 1. The molecular formula is C20H16F3NO2. The van der Waals surface area contributed by atoms with Gasteiger partial charge in [0.25, 0.3) is 5.91 Å². The summed E-state index contributed by atoms with van der Waals surface area (Å²) in [4.78, 5) is 12.2. The minimum atomic E-state index is -4.41. The van der Waals surface area contributed by atoms with Crippen LogP contribution in [0.3, 0.4) is 0 Å². The number of rotatable bonds is 5. The van der Waals surface area contributed by atoms with E-state index in [-0.39, 0.29) is 24.8 Å². The van der Waals surface area contributed by atoms with Gasteiger partial charge in [0.05, 0.1) is 12.1 Å². The summed E-state index contributed by atoms with van der Waals surface area (Å²) in [7, 11) is 0. The van der Waals surface area contributed by atoms with E-state index in [4.69, 9.17) is 4.74 Å². The molecule has 0 aliphatic heterocycles. The number of carbonyl (C=O) groups excluding carboxylic acids is 1. The summed E-state index contributed by atoms with van der Waals surface area (Å²) in [5.41, 5.74) is -0.252. The smallest absolute Gasteiger partial charge is 0.416 e. The van der Waals surface area contributed by atoms with Crippen molar-refractivity contribution in [3.63, 3.8) is 0 Å². The fourth-order valence-electron chi connectivity index (χ4n) is 2.53. The van der Waals surface area contributed by atoms with Gasteiger partial charge in [-0.3, -0.25) is 4.79 Å². The molecule has 134 valence electrons. The Balaban J connectivity index is 1.53. The zero-order valence-electron chi connectivity index (χ0n) is 13.7. The second-order valence-corrected chi connectivity index (χ2v) is 5.69. The van der Waals surface area contributed by atoms with Crippen molar-refractivity contribution in [3.8, 4) is 5.75 Å². The summed E-state index contributed by atoms with van der Waals surface area (Å²) in [6, 6.07) is 17.7. The number of carbonyl (C=O) groups is 1. The average molecular weight is 359 g/mol. The highest BCUT2D eigenvalue weighted by molar-refractivity contribution is 5.98. The van der Waals surface area contributed by atoms with Gasteiger partial charge in [0, 0.05) is 5.56 Å². The van der Waals surface area contributed by atoms with Crippen molar-refractivity contribution in [2.75, 3.05) is 13.2 Å². The summed E-state index contributed by atoms with van der Waals surface area (Å²) in [6.07, 6.45) is -4.41. The molecule has 0 fully saturated rings. The number of hydrogen-bond acceptors (Lipinski definition) is 2. The SMILES string of the molecule is O=C(NCCOc1cccc(C(F)(F)F)c1)c1ccc2ccccc2c1. The predicted octanol–water partition coefficient (Wildman–Crippen LogP) is 4.67. The summed E-state index contributed by atoms with van der Waals surface area (Å²) in [6.45, 7) is 0.253. The number of halogens is 3. The lowest BCUT2D eigenvalue weighted by atomic mass is 10.1. The molecule has 3 nitrogen and oxygen atoms in total. The third-order valence-corrected chi connectivity index (χ3v) is 3.83. The summed E-state index contributed by atoms with van der Waals surface area (Å²) in [5, 5.41) is 4.69. The fourth-order valence-corrected chi connectivity index (χ4v) is 2.53. The minimum absolute atomic E-state index is 0.0701. The molecule has 0 radical (unpaired) electrons. The van der Waals surface area contributed by atoms with Crippen LogP contribution in [0.25, 0.3) is 10.8 Å². The highest BCUT2D eigenvalue weighted by Crippen LogP contribution is 2.31. The Morgan fingerprint density at radius 1 is 0.923 bits per heavy atom. The van der Waals surface area contributed by atoms with Gasteiger partial charge in [-0.1, -0.05) is 36.4 Å². The monoisotopic (exact) mass is 359 g/mol. The maximum atomic E-state index is 12.6. The molecule has 0 spiro atoms. The molecule has 1 amide bonds. The molecule has 3 rings (SSSR count). The van der Waals surface area contributed by atoms with Gasteiger partial charge in [0.1, 0.15) is 12.4 Å². The number of amides is 1. The molecule has 0 bridgehead atoms. The highest BCUT2D eigenvalue weighted by atomic mass is 19.4. The van der Waals surface area contributed by atoms with Gasteiger partial charge in [0.2, 0.25) is 0 Å². The van der Waals surface area contributed by atoms with E-state index < -0.39 is 11.7 Å². The lowest BCUT2D eigenvalue weighted by molar-refractivity contribution is -0.137. The molecule has 0 heterocycles. The first-order valence-electron chi connectivity index (χ1n) is 8.00. The Morgan fingerprint density at radius 2 is 1.69 bits per heavy atom. The van der Waals surface area contributed by atoms with Gasteiger partial charge in [-0.15, -0.1) is 0 Å². The van der Waals surface area contributed by atoms with E-state index in [2.05, 4.69) is 5.32 Å². The Morgan fingerprint density at radius 3 is 2.46 bits per heavy atom. The van der Waals surface area contributed by atoms with Crippen LogP contribution in [0.1, 0.15) is 15.9 Å². The third kappa shape index (κ3) is 4.33. The molecule has 3 aromatic rings. The van der Waals surface area contributed by atoms with Crippen molar-refractivity contribution in [1.82, 2.24) is 5.32 Å². The first-order valence-corrected chi connectivity index (χ1v) is 8.00. The standard InChI is InChI=1S/C20H16F3NO2/c21-20(22,23)17-6-3-7-18(13-17)26-11-10-24-19(25)16-9-8-14-4-1-2-5-15(14)12-16/h1-9,12-13H,10-11H2,(H,24,25). The highest BCUT2D eigenvalue weighted by Gasteiger charge is 2.30. The van der Waals surface area contributed by atoms with Crippen LogP contribution in [0.4, 0.5) is 13.2 Å². The van der Waals surface area contributed by atoms with Gasteiger partial charge >= 0.3 is 6.18 Å². The average Bonchev–Trinajstić information content (AvgIpc) is 2.64. The van der Waals surface area contributed by atoms with Crippen LogP contribution in [-0.2, 0) is 6.18 Å². The quantitative estimate of drug-likeness (QED) is 0.673. The van der Waals surface area contributed by atoms with Crippen molar-refractivity contribution < 1.29 is 22.7 Å². The molecule has 1 N–H and O–H groups in total. The van der Waals surface area contributed by atoms with Crippen LogP contribution in [-0.4, -0.2) is 19.1 Å². The van der Waals surface area contributed by atoms with Crippen molar-refractivity contribution in [1.29, 1.82) is 0 Å². The first kappa shape index (κ1) is 17.8. The second-order valence-electron chi connectivity index (χ2n) is 5.69. The largest absolute Gasteiger partial charge is 0.492 e. The molecule has 6 heteroatoms. The van der Waals surface area contributed by atoms with Gasteiger partial charge < -0.3 is 10.1 Å². The lowest BCUT2D eigenvalue weighted by Gasteiger charge is -2.11. The maximum Gasteiger partial charge on any atom is 0.416 e. The van der Waals surface area contributed by atoms with Gasteiger partial charge in [-0.25, -0.2) is 0 Å². The second kappa shape index (κ2) is 7.47. The van der Waals surface area contributed by atoms with Gasteiger partial charge in [0.15, 0.2) is 0 Å². The van der Waals surface area contributed by atoms with Crippen molar-refractivity contribution in [2.45, 2.75) is 6.18 Å². The predicted molar refractivity (Wildman–Crippen MR) is 93.2 cm³/mol. The lowest BCUT2D eigenvalue weighted by Crippen LogP contribution is -2.28. The van der Waals surface area contributed by atoms with Crippen LogP contribution in [0.15, 0.2) is 66.7 Å². The van der Waals surface area contributed by atoms with Crippen molar-refractivity contribution >= 4 is 16.7 Å². The van der Waals surface area contributed by atoms with E-state index in [9.17, 15) is 18.0 Å². The van der Waals surface area contributed by atoms with E-state index in [1.54, 1.807) is 12.1 Å². The van der Waals surface area contributed by atoms with Crippen molar-refractivity contribution in [2.24, 2.45) is 0 Å². The Labute approximate surface area is 148 Å². The van der Waals surface area contributed by atoms with E-state index in [1.165, 1.54) is 12.1 Å². The Kier molecular flexibility index (Phi) is 5.11. The van der Waals surface area contributed by atoms with Gasteiger partial charge in [-0.05, 0) is 41.1 Å². The Hall–Kier alpha value is -3.02. The summed E-state index contributed by atoms with van der Waals surface area (Å²) >= 11 is 0. The maximum absolute atomic E-state index is 12.6. The summed E-state index contributed by atoms with van der Waals surface area (Å²) in [5.74, 6) is -0.150. The summed E-state index contributed by atoms with van der Waals surface area (Å²) < 4.78 is 43.2. The molecule has 0 unspecified atom stereocenters. The topological polar surface area (TPSA) is 38.3 Å². The molecule has 26 heavy (non-hydrogen) atoms. The van der Waals surface area contributed by atoms with Gasteiger partial charge in [-0.2, -0.15) is 13.2 Å². The molecule has 0 aliphatic rings. The minimum Gasteiger partial charge on any atom is -0.492 e. The van der Waals surface area contributed by atoms with Crippen LogP contribution < -0.4 is 10.1 Å². The van der Waals surface area contributed by atoms with Crippen LogP contribution in [0.5, 0.6) is 5.75 Å². The first-order chi connectivity index (χ1) is 12.4. The fraction of sp³-hybridized carbons (Fsp3) is 0.150.